The van der Waals surface area contributed by atoms with Gasteiger partial charge in [0.25, 0.3) is 0 Å². The molecule has 0 aliphatic carbocycles. The number of hydrogen-bond donors (Lipinski definition) is 1. The largest absolute Gasteiger partial charge is 0.478 e. The summed E-state index contributed by atoms with van der Waals surface area (Å²) in [6.07, 6.45) is 6.68. The lowest BCUT2D eigenvalue weighted by Gasteiger charge is -2.15. The summed E-state index contributed by atoms with van der Waals surface area (Å²) in [5, 5.41) is 8.48. The van der Waals surface area contributed by atoms with E-state index in [4.69, 9.17) is 5.11 Å². The monoisotopic (exact) mass is 249 g/mol. The maximum Gasteiger partial charge on any atom is 0.328 e. The molecule has 3 heteroatoms. The summed E-state index contributed by atoms with van der Waals surface area (Å²) in [4.78, 5) is 12.4. The van der Waals surface area contributed by atoms with Gasteiger partial charge in [-0.2, -0.15) is 0 Å². The third-order valence-electron chi connectivity index (χ3n) is 2.08. The van der Waals surface area contributed by atoms with Gasteiger partial charge in [-0.15, -0.1) is 0 Å². The van der Waals surface area contributed by atoms with Crippen molar-refractivity contribution in [3.8, 4) is 11.8 Å². The van der Waals surface area contributed by atoms with Gasteiger partial charge >= 0.3 is 5.97 Å². The summed E-state index contributed by atoms with van der Waals surface area (Å²) >= 11 is 0. The predicted molar refractivity (Wildman–Crippen MR) is 75.3 cm³/mol. The van der Waals surface area contributed by atoms with E-state index in [1.54, 1.807) is 6.08 Å². The van der Waals surface area contributed by atoms with Gasteiger partial charge in [0, 0.05) is 24.6 Å². The SMILES string of the molecule is CCN(C/C=C/C#CC(C)(C)C)C/C=C/C(=O)O. The van der Waals surface area contributed by atoms with Gasteiger partial charge in [0.1, 0.15) is 0 Å². The Morgan fingerprint density at radius 2 is 1.89 bits per heavy atom. The summed E-state index contributed by atoms with van der Waals surface area (Å²) in [5.41, 5.74) is 0.0268. The van der Waals surface area contributed by atoms with E-state index in [-0.39, 0.29) is 5.41 Å². The van der Waals surface area contributed by atoms with Crippen molar-refractivity contribution in [3.63, 3.8) is 0 Å². The minimum Gasteiger partial charge on any atom is -0.478 e. The average molecular weight is 249 g/mol. The summed E-state index contributed by atoms with van der Waals surface area (Å²) in [6, 6.07) is 0. The average Bonchev–Trinajstić information content (AvgIpc) is 2.24. The van der Waals surface area contributed by atoms with Crippen LogP contribution >= 0.6 is 0 Å². The topological polar surface area (TPSA) is 40.5 Å². The Hall–Kier alpha value is -1.53. The van der Waals surface area contributed by atoms with Crippen LogP contribution in [0, 0.1) is 17.3 Å². The Kier molecular flexibility index (Phi) is 7.82. The van der Waals surface area contributed by atoms with E-state index in [0.717, 1.165) is 13.1 Å². The van der Waals surface area contributed by atoms with Crippen molar-refractivity contribution in [1.29, 1.82) is 0 Å². The van der Waals surface area contributed by atoms with Gasteiger partial charge in [-0.25, -0.2) is 4.79 Å². The molecular weight excluding hydrogens is 226 g/mol. The number of aliphatic carboxylic acids is 1. The molecule has 100 valence electrons. The van der Waals surface area contributed by atoms with Crippen LogP contribution in [0.5, 0.6) is 0 Å². The van der Waals surface area contributed by atoms with Crippen LogP contribution in [0.15, 0.2) is 24.3 Å². The Morgan fingerprint density at radius 1 is 1.28 bits per heavy atom. The predicted octanol–water partition coefficient (Wildman–Crippen LogP) is 2.55. The number of rotatable bonds is 6. The quantitative estimate of drug-likeness (QED) is 0.581. The van der Waals surface area contributed by atoms with Crippen molar-refractivity contribution < 1.29 is 9.90 Å². The minimum absolute atomic E-state index is 0.0268. The van der Waals surface area contributed by atoms with Gasteiger partial charge in [-0.05, 0) is 33.4 Å². The van der Waals surface area contributed by atoms with Crippen molar-refractivity contribution >= 4 is 5.97 Å². The van der Waals surface area contributed by atoms with Crippen LogP contribution in [0.4, 0.5) is 0 Å². The summed E-state index contributed by atoms with van der Waals surface area (Å²) in [6.45, 7) is 10.6. The zero-order chi connectivity index (χ0) is 14.0. The van der Waals surface area contributed by atoms with E-state index in [2.05, 4.69) is 37.5 Å². The lowest BCUT2D eigenvalue weighted by Crippen LogP contribution is -2.23. The van der Waals surface area contributed by atoms with Gasteiger partial charge in [0.2, 0.25) is 0 Å². The lowest BCUT2D eigenvalue weighted by molar-refractivity contribution is -0.131. The molecule has 0 spiro atoms. The number of nitrogens with zero attached hydrogens (tertiary/aromatic N) is 1. The van der Waals surface area contributed by atoms with Gasteiger partial charge in [-0.1, -0.05) is 30.9 Å². The highest BCUT2D eigenvalue weighted by Crippen LogP contribution is 2.09. The number of carboxylic acids is 1. The Bertz CT molecular complexity index is 364. The van der Waals surface area contributed by atoms with Crippen molar-refractivity contribution in [2.24, 2.45) is 5.41 Å². The molecule has 0 atom stereocenters. The molecule has 0 unspecified atom stereocenters. The first kappa shape index (κ1) is 16.5. The first-order chi connectivity index (χ1) is 8.35. The molecule has 0 aromatic rings. The molecule has 0 aromatic carbocycles. The summed E-state index contributed by atoms with van der Waals surface area (Å²) < 4.78 is 0. The zero-order valence-corrected chi connectivity index (χ0v) is 11.7. The molecule has 0 rings (SSSR count). The maximum absolute atomic E-state index is 10.3. The first-order valence-corrected chi connectivity index (χ1v) is 6.14. The van der Waals surface area contributed by atoms with Crippen molar-refractivity contribution in [1.82, 2.24) is 4.90 Å². The van der Waals surface area contributed by atoms with Crippen LogP contribution in [-0.4, -0.2) is 35.6 Å². The Labute approximate surface area is 110 Å². The second-order valence-corrected chi connectivity index (χ2v) is 5.01. The second-order valence-electron chi connectivity index (χ2n) is 5.01. The van der Waals surface area contributed by atoms with E-state index in [1.165, 1.54) is 6.08 Å². The number of likely N-dealkylation sites (N-methyl/N-ethyl adjacent to an activating group) is 1. The highest BCUT2D eigenvalue weighted by atomic mass is 16.4. The maximum atomic E-state index is 10.3. The van der Waals surface area contributed by atoms with Gasteiger partial charge in [-0.3, -0.25) is 4.90 Å². The molecule has 0 heterocycles. The highest BCUT2D eigenvalue weighted by molar-refractivity contribution is 5.79. The standard InChI is InChI=1S/C15H23NO2/c1-5-16(13-9-10-14(17)18)12-8-6-7-11-15(2,3)4/h6,8-10H,5,12-13H2,1-4H3,(H,17,18)/b8-6+,10-9+. The number of carboxylic acid groups (broad SMARTS) is 1. The van der Waals surface area contributed by atoms with E-state index in [1.807, 2.05) is 19.1 Å². The fourth-order valence-corrected chi connectivity index (χ4v) is 1.15. The molecule has 0 amide bonds. The molecule has 1 N–H and O–H groups in total. The molecule has 0 fully saturated rings. The van der Waals surface area contributed by atoms with Crippen LogP contribution < -0.4 is 0 Å². The zero-order valence-electron chi connectivity index (χ0n) is 11.7. The van der Waals surface area contributed by atoms with Gasteiger partial charge in [0.15, 0.2) is 0 Å². The Morgan fingerprint density at radius 3 is 2.39 bits per heavy atom. The molecule has 0 bridgehead atoms. The molecule has 0 saturated carbocycles. The van der Waals surface area contributed by atoms with E-state index in [0.29, 0.717) is 6.54 Å². The van der Waals surface area contributed by atoms with Crippen molar-refractivity contribution in [2.75, 3.05) is 19.6 Å². The van der Waals surface area contributed by atoms with Crippen LogP contribution in [0.25, 0.3) is 0 Å². The number of carbonyl (C=O) groups is 1. The van der Waals surface area contributed by atoms with Crippen molar-refractivity contribution in [2.45, 2.75) is 27.7 Å². The van der Waals surface area contributed by atoms with Crippen molar-refractivity contribution in [3.05, 3.63) is 24.3 Å². The third kappa shape index (κ3) is 11.0. The minimum atomic E-state index is -0.905. The molecule has 0 radical (unpaired) electrons. The molecule has 0 aliphatic heterocycles. The summed E-state index contributed by atoms with van der Waals surface area (Å²) in [5.74, 6) is 5.23. The van der Waals surface area contributed by atoms with E-state index in [9.17, 15) is 4.79 Å². The lowest BCUT2D eigenvalue weighted by atomic mass is 9.98. The highest BCUT2D eigenvalue weighted by Gasteiger charge is 2.02. The third-order valence-corrected chi connectivity index (χ3v) is 2.08. The fourth-order valence-electron chi connectivity index (χ4n) is 1.15. The Balaban J connectivity index is 4.10. The van der Waals surface area contributed by atoms with Crippen LogP contribution in [0.1, 0.15) is 27.7 Å². The molecule has 0 saturated heterocycles. The van der Waals surface area contributed by atoms with E-state index >= 15 is 0 Å². The number of allylic oxidation sites excluding steroid dienone is 1. The normalized spacial score (nSPS) is 12.1. The fraction of sp³-hybridized carbons (Fsp3) is 0.533. The van der Waals surface area contributed by atoms with Crippen LogP contribution in [0.3, 0.4) is 0 Å². The molecule has 3 nitrogen and oxygen atoms in total. The van der Waals surface area contributed by atoms with Gasteiger partial charge in [0.05, 0.1) is 0 Å². The van der Waals surface area contributed by atoms with Crippen LogP contribution in [-0.2, 0) is 4.79 Å². The molecular formula is C15H23NO2. The van der Waals surface area contributed by atoms with Crippen LogP contribution in [0.2, 0.25) is 0 Å². The summed E-state index contributed by atoms with van der Waals surface area (Å²) in [7, 11) is 0. The molecule has 0 aliphatic rings. The molecule has 0 aromatic heterocycles. The molecule has 18 heavy (non-hydrogen) atoms. The smallest absolute Gasteiger partial charge is 0.328 e. The number of hydrogen-bond acceptors (Lipinski definition) is 2. The first-order valence-electron chi connectivity index (χ1n) is 6.14. The van der Waals surface area contributed by atoms with Gasteiger partial charge < -0.3 is 5.11 Å². The van der Waals surface area contributed by atoms with E-state index < -0.39 is 5.97 Å². The second kappa shape index (κ2) is 8.54.